The van der Waals surface area contributed by atoms with Gasteiger partial charge in [0.2, 0.25) is 0 Å². The van der Waals surface area contributed by atoms with E-state index < -0.39 is 0 Å². The summed E-state index contributed by atoms with van der Waals surface area (Å²) < 4.78 is 1.07. The number of benzene rings is 1. The van der Waals surface area contributed by atoms with E-state index in [1.807, 2.05) is 18.2 Å². The van der Waals surface area contributed by atoms with Gasteiger partial charge in [-0.05, 0) is 37.5 Å². The summed E-state index contributed by atoms with van der Waals surface area (Å²) in [5.74, 6) is 2.63. The lowest BCUT2D eigenvalue weighted by atomic mass is 10.2. The number of nitrogens with one attached hydrogen (secondary N) is 1. The molecule has 1 aliphatic rings. The van der Waals surface area contributed by atoms with Gasteiger partial charge in [-0.15, -0.1) is 0 Å². The Kier molecular flexibility index (Phi) is 3.14. The highest BCUT2D eigenvalue weighted by atomic mass is 79.9. The number of anilines is 3. The highest BCUT2D eigenvalue weighted by molar-refractivity contribution is 9.10. The van der Waals surface area contributed by atoms with Crippen LogP contribution in [0.3, 0.4) is 0 Å². The van der Waals surface area contributed by atoms with Crippen LogP contribution in [0, 0.1) is 6.92 Å². The van der Waals surface area contributed by atoms with Crippen molar-refractivity contribution >= 4 is 33.3 Å². The molecule has 0 saturated heterocycles. The van der Waals surface area contributed by atoms with Crippen molar-refractivity contribution in [3.8, 4) is 0 Å². The van der Waals surface area contributed by atoms with E-state index in [1.165, 1.54) is 12.8 Å². The van der Waals surface area contributed by atoms with Gasteiger partial charge in [-0.1, -0.05) is 22.0 Å². The van der Waals surface area contributed by atoms with Crippen LogP contribution in [0.2, 0.25) is 0 Å². The maximum Gasteiger partial charge on any atom is 0.136 e. The molecule has 1 aromatic carbocycles. The zero-order chi connectivity index (χ0) is 13.4. The third-order valence-corrected chi connectivity index (χ3v) is 4.10. The molecule has 1 fully saturated rings. The van der Waals surface area contributed by atoms with Crippen LogP contribution in [0.25, 0.3) is 0 Å². The lowest BCUT2D eigenvalue weighted by Crippen LogP contribution is -2.03. The normalized spacial score (nSPS) is 14.4. The Morgan fingerprint density at radius 2 is 2.11 bits per heavy atom. The molecule has 3 N–H and O–H groups in total. The molecule has 0 spiro atoms. The summed E-state index contributed by atoms with van der Waals surface area (Å²) in [6.07, 6.45) is 2.33. The molecule has 4 nitrogen and oxygen atoms in total. The Morgan fingerprint density at radius 3 is 2.84 bits per heavy atom. The fourth-order valence-corrected chi connectivity index (χ4v) is 2.32. The molecule has 0 radical (unpaired) electrons. The number of aromatic nitrogens is 2. The minimum Gasteiger partial charge on any atom is -0.384 e. The van der Waals surface area contributed by atoms with Gasteiger partial charge in [0.15, 0.2) is 0 Å². The second kappa shape index (κ2) is 4.81. The van der Waals surface area contributed by atoms with Crippen molar-refractivity contribution in [3.63, 3.8) is 0 Å². The summed E-state index contributed by atoms with van der Waals surface area (Å²) in [5.41, 5.74) is 8.01. The number of halogens is 1. The first-order valence-corrected chi connectivity index (χ1v) is 7.09. The first-order valence-electron chi connectivity index (χ1n) is 6.30. The van der Waals surface area contributed by atoms with Gasteiger partial charge >= 0.3 is 0 Å². The van der Waals surface area contributed by atoms with Crippen LogP contribution >= 0.6 is 15.9 Å². The Morgan fingerprint density at radius 1 is 1.32 bits per heavy atom. The largest absolute Gasteiger partial charge is 0.384 e. The fourth-order valence-electron chi connectivity index (χ4n) is 1.95. The summed E-state index contributed by atoms with van der Waals surface area (Å²) in [6.45, 7) is 2.05. The topological polar surface area (TPSA) is 63.8 Å². The second-order valence-corrected chi connectivity index (χ2v) is 5.70. The number of nitrogens with two attached hydrogens (primary N) is 1. The number of nitrogens with zero attached hydrogens (tertiary/aromatic N) is 2. The van der Waals surface area contributed by atoms with E-state index in [-0.39, 0.29) is 0 Å². The average molecular weight is 319 g/mol. The zero-order valence-electron chi connectivity index (χ0n) is 10.7. The van der Waals surface area contributed by atoms with Crippen molar-refractivity contribution in [2.75, 3.05) is 11.1 Å². The minimum atomic E-state index is 0.493. The fraction of sp³-hybridized carbons (Fsp3) is 0.286. The van der Waals surface area contributed by atoms with Gasteiger partial charge in [-0.2, -0.15) is 0 Å². The lowest BCUT2D eigenvalue weighted by Gasteiger charge is -2.11. The van der Waals surface area contributed by atoms with Crippen LogP contribution in [-0.2, 0) is 0 Å². The molecule has 2 aromatic rings. The summed E-state index contributed by atoms with van der Waals surface area (Å²) in [4.78, 5) is 8.84. The quantitative estimate of drug-likeness (QED) is 0.904. The highest BCUT2D eigenvalue weighted by Crippen LogP contribution is 2.39. The minimum absolute atomic E-state index is 0.493. The van der Waals surface area contributed by atoms with Gasteiger partial charge in [-0.25, -0.2) is 9.97 Å². The molecular formula is C14H15BrN4. The van der Waals surface area contributed by atoms with Gasteiger partial charge in [-0.3, -0.25) is 0 Å². The molecule has 98 valence electrons. The highest BCUT2D eigenvalue weighted by Gasteiger charge is 2.27. The van der Waals surface area contributed by atoms with Crippen molar-refractivity contribution in [2.24, 2.45) is 0 Å². The van der Waals surface area contributed by atoms with E-state index in [0.717, 1.165) is 27.4 Å². The van der Waals surface area contributed by atoms with Crippen molar-refractivity contribution in [1.29, 1.82) is 0 Å². The van der Waals surface area contributed by atoms with Crippen LogP contribution in [-0.4, -0.2) is 9.97 Å². The number of hydrogen-bond donors (Lipinski definition) is 2. The van der Waals surface area contributed by atoms with Gasteiger partial charge in [0.05, 0.1) is 0 Å². The molecule has 19 heavy (non-hydrogen) atoms. The molecule has 0 atom stereocenters. The molecule has 1 aliphatic carbocycles. The van der Waals surface area contributed by atoms with Crippen molar-refractivity contribution in [3.05, 3.63) is 40.1 Å². The van der Waals surface area contributed by atoms with Crippen LogP contribution in [0.5, 0.6) is 0 Å². The Hall–Kier alpha value is -1.62. The smallest absolute Gasteiger partial charge is 0.136 e. The number of rotatable bonds is 3. The first kappa shape index (κ1) is 12.4. The molecule has 0 bridgehead atoms. The predicted molar refractivity (Wildman–Crippen MR) is 80.6 cm³/mol. The monoisotopic (exact) mass is 318 g/mol. The maximum absolute atomic E-state index is 5.85. The van der Waals surface area contributed by atoms with Crippen LogP contribution in [0.4, 0.5) is 17.3 Å². The van der Waals surface area contributed by atoms with Crippen molar-refractivity contribution in [2.45, 2.75) is 25.7 Å². The third kappa shape index (κ3) is 2.71. The molecule has 3 rings (SSSR count). The van der Waals surface area contributed by atoms with E-state index in [9.17, 15) is 0 Å². The molecule has 0 unspecified atom stereocenters. The van der Waals surface area contributed by atoms with Crippen LogP contribution in [0.1, 0.15) is 30.1 Å². The molecule has 1 aromatic heterocycles. The molecule has 1 heterocycles. The van der Waals surface area contributed by atoms with E-state index in [0.29, 0.717) is 11.7 Å². The summed E-state index contributed by atoms with van der Waals surface area (Å²) in [7, 11) is 0. The van der Waals surface area contributed by atoms with E-state index >= 15 is 0 Å². The first-order chi connectivity index (χ1) is 9.13. The lowest BCUT2D eigenvalue weighted by molar-refractivity contribution is 0.935. The van der Waals surface area contributed by atoms with Crippen molar-refractivity contribution in [1.82, 2.24) is 9.97 Å². The summed E-state index contributed by atoms with van der Waals surface area (Å²) >= 11 is 3.52. The second-order valence-electron chi connectivity index (χ2n) is 4.85. The average Bonchev–Trinajstić information content (AvgIpc) is 3.18. The zero-order valence-corrected chi connectivity index (χ0v) is 12.2. The standard InChI is InChI=1S/C14H15BrN4/c1-8-10(15)3-2-4-11(8)17-13-7-12(16)18-14(19-13)9-5-6-9/h2-4,7,9H,5-6H2,1H3,(H3,16,17,18,19). The summed E-state index contributed by atoms with van der Waals surface area (Å²) in [5, 5.41) is 3.32. The Labute approximate surface area is 120 Å². The van der Waals surface area contributed by atoms with Crippen LogP contribution in [0.15, 0.2) is 28.7 Å². The van der Waals surface area contributed by atoms with Gasteiger partial charge < -0.3 is 11.1 Å². The van der Waals surface area contributed by atoms with Crippen LogP contribution < -0.4 is 11.1 Å². The molecule has 0 aliphatic heterocycles. The molecular weight excluding hydrogens is 304 g/mol. The van der Waals surface area contributed by atoms with Gasteiger partial charge in [0, 0.05) is 22.1 Å². The Balaban J connectivity index is 1.92. The van der Waals surface area contributed by atoms with E-state index in [2.05, 4.69) is 38.1 Å². The van der Waals surface area contributed by atoms with E-state index in [4.69, 9.17) is 5.73 Å². The maximum atomic E-state index is 5.85. The van der Waals surface area contributed by atoms with Crippen molar-refractivity contribution < 1.29 is 0 Å². The molecule has 5 heteroatoms. The summed E-state index contributed by atoms with van der Waals surface area (Å²) in [6, 6.07) is 7.80. The van der Waals surface area contributed by atoms with Gasteiger partial charge in [0.1, 0.15) is 17.5 Å². The van der Waals surface area contributed by atoms with Gasteiger partial charge in [0.25, 0.3) is 0 Å². The predicted octanol–water partition coefficient (Wildman–Crippen LogP) is 3.75. The third-order valence-electron chi connectivity index (χ3n) is 3.24. The SMILES string of the molecule is Cc1c(Br)cccc1Nc1cc(N)nc(C2CC2)n1. The Bertz CT molecular complexity index is 623. The molecule has 0 amide bonds. The van der Waals surface area contributed by atoms with E-state index in [1.54, 1.807) is 6.07 Å². The number of nitrogen functional groups attached to an aromatic ring is 1. The number of hydrogen-bond acceptors (Lipinski definition) is 4. The molecule has 1 saturated carbocycles.